The molecule has 11 nitrogen and oxygen atoms in total. The van der Waals surface area contributed by atoms with E-state index < -0.39 is 0 Å². The van der Waals surface area contributed by atoms with Gasteiger partial charge in [-0.1, -0.05) is 36.4 Å². The van der Waals surface area contributed by atoms with E-state index in [2.05, 4.69) is 0 Å². The van der Waals surface area contributed by atoms with Crippen molar-refractivity contribution in [1.82, 2.24) is 10.6 Å². The molecule has 0 radical (unpaired) electrons. The van der Waals surface area contributed by atoms with E-state index in [1.165, 1.54) is 24.3 Å². The van der Waals surface area contributed by atoms with E-state index in [-0.39, 0.29) is 29.4 Å². The SMILES string of the molecule is Cc1cc(N)ccc1Oc1cccc(C(=O)c2ccccc2)c1Oc1ccc(N)cc1C.O=C1C=CC(=O)N1.O=C1C=CC(=O)N1. The number of nitrogens with two attached hydrogens (primary N) is 2. The van der Waals surface area contributed by atoms with Crippen molar-refractivity contribution in [3.8, 4) is 23.0 Å². The molecule has 6 rings (SSSR count). The van der Waals surface area contributed by atoms with Gasteiger partial charge in [0, 0.05) is 41.2 Å². The van der Waals surface area contributed by atoms with Crippen molar-refractivity contribution in [2.45, 2.75) is 13.8 Å². The third-order valence-corrected chi connectivity index (χ3v) is 6.35. The smallest absolute Gasteiger partial charge is 0.250 e. The number of ether oxygens (including phenoxy) is 2. The quantitative estimate of drug-likeness (QED) is 0.136. The van der Waals surface area contributed by atoms with Crippen LogP contribution >= 0.6 is 0 Å². The predicted octanol–water partition coefficient (Wildman–Crippen LogP) is 4.68. The van der Waals surface area contributed by atoms with Crippen molar-refractivity contribution in [2.24, 2.45) is 0 Å². The van der Waals surface area contributed by atoms with E-state index in [9.17, 15) is 24.0 Å². The fourth-order valence-corrected chi connectivity index (χ4v) is 4.14. The standard InChI is InChI=1S/C27H24N2O3.2C4H3NO2/c1-17-15-20(28)11-13-23(17)31-25-10-6-9-22(26(30)19-7-4-3-5-8-19)27(25)32-24-14-12-21(29)16-18(24)2;2*6-3-1-2-4(7)5-3/h3-16H,28-29H2,1-2H3;2*1-2H,(H,5,6,7). The number of amides is 4. The van der Waals surface area contributed by atoms with Crippen molar-refractivity contribution < 1.29 is 33.4 Å². The average molecular weight is 619 g/mol. The van der Waals surface area contributed by atoms with Crippen molar-refractivity contribution in [3.63, 3.8) is 0 Å². The zero-order valence-corrected chi connectivity index (χ0v) is 24.9. The van der Waals surface area contributed by atoms with Gasteiger partial charge in [-0.25, -0.2) is 0 Å². The molecule has 232 valence electrons. The molecule has 4 aromatic carbocycles. The number of hydrogen-bond acceptors (Lipinski definition) is 9. The van der Waals surface area contributed by atoms with Gasteiger partial charge in [-0.05, 0) is 73.5 Å². The molecular weight excluding hydrogens is 588 g/mol. The number of aryl methyl sites for hydroxylation is 2. The molecule has 4 aromatic rings. The summed E-state index contributed by atoms with van der Waals surface area (Å²) in [6, 6.07) is 25.1. The summed E-state index contributed by atoms with van der Waals surface area (Å²) in [4.78, 5) is 53.5. The van der Waals surface area contributed by atoms with Crippen molar-refractivity contribution in [2.75, 3.05) is 11.5 Å². The van der Waals surface area contributed by atoms with Crippen molar-refractivity contribution >= 4 is 40.8 Å². The van der Waals surface area contributed by atoms with Gasteiger partial charge in [0.25, 0.3) is 23.6 Å². The molecule has 0 fully saturated rings. The first-order valence-corrected chi connectivity index (χ1v) is 13.9. The molecule has 4 amide bonds. The number of carbonyl (C=O) groups is 5. The van der Waals surface area contributed by atoms with Crippen LogP contribution in [0.25, 0.3) is 0 Å². The summed E-state index contributed by atoms with van der Waals surface area (Å²) in [5.74, 6) is 0.508. The lowest BCUT2D eigenvalue weighted by Gasteiger charge is -2.18. The Labute approximate surface area is 264 Å². The highest BCUT2D eigenvalue weighted by Gasteiger charge is 2.21. The molecule has 0 spiro atoms. The molecule has 0 aromatic heterocycles. The molecule has 0 atom stereocenters. The summed E-state index contributed by atoms with van der Waals surface area (Å²) in [5, 5.41) is 4.06. The lowest BCUT2D eigenvalue weighted by atomic mass is 10.0. The first-order valence-electron chi connectivity index (χ1n) is 13.9. The number of anilines is 2. The van der Waals surface area contributed by atoms with Crippen LogP contribution in [0.1, 0.15) is 27.0 Å². The Hall–Kier alpha value is -6.49. The Morgan fingerprint density at radius 1 is 0.565 bits per heavy atom. The zero-order chi connectivity index (χ0) is 33.2. The van der Waals surface area contributed by atoms with E-state index in [0.29, 0.717) is 45.5 Å². The largest absolute Gasteiger partial charge is 0.453 e. The Morgan fingerprint density at radius 3 is 1.48 bits per heavy atom. The Bertz CT molecular complexity index is 1810. The first-order chi connectivity index (χ1) is 22.0. The second-order valence-corrected chi connectivity index (χ2v) is 9.96. The fraction of sp³-hybridized carbons (Fsp3) is 0.0571. The Morgan fingerprint density at radius 2 is 1.04 bits per heavy atom. The topological polar surface area (TPSA) is 180 Å². The number of ketones is 1. The molecule has 2 aliphatic heterocycles. The van der Waals surface area contributed by atoms with Gasteiger partial charge in [0.1, 0.15) is 11.5 Å². The van der Waals surface area contributed by atoms with Gasteiger partial charge in [0.05, 0.1) is 5.56 Å². The maximum absolute atomic E-state index is 13.3. The summed E-state index contributed by atoms with van der Waals surface area (Å²) < 4.78 is 12.5. The van der Waals surface area contributed by atoms with E-state index in [1.54, 1.807) is 54.6 Å². The molecule has 11 heteroatoms. The normalized spacial score (nSPS) is 12.7. The second-order valence-electron chi connectivity index (χ2n) is 9.96. The van der Waals surface area contributed by atoms with Crippen LogP contribution in [0.5, 0.6) is 23.0 Å². The number of rotatable bonds is 6. The summed E-state index contributed by atoms with van der Waals surface area (Å²) in [7, 11) is 0. The van der Waals surface area contributed by atoms with Crippen LogP contribution in [0.15, 0.2) is 109 Å². The van der Waals surface area contributed by atoms with Crippen LogP contribution in [-0.4, -0.2) is 29.4 Å². The maximum atomic E-state index is 13.3. The van der Waals surface area contributed by atoms with Gasteiger partial charge in [-0.15, -0.1) is 0 Å². The van der Waals surface area contributed by atoms with Gasteiger partial charge in [0.15, 0.2) is 17.3 Å². The summed E-state index contributed by atoms with van der Waals surface area (Å²) in [5.41, 5.74) is 15.7. The monoisotopic (exact) mass is 618 g/mol. The highest BCUT2D eigenvalue weighted by atomic mass is 16.5. The van der Waals surface area contributed by atoms with Crippen LogP contribution in [0, 0.1) is 13.8 Å². The minimum absolute atomic E-state index is 0.159. The van der Waals surface area contributed by atoms with Gasteiger partial charge in [-0.3, -0.25) is 34.6 Å². The summed E-state index contributed by atoms with van der Waals surface area (Å²) in [6.45, 7) is 3.81. The third-order valence-electron chi connectivity index (χ3n) is 6.35. The molecule has 0 saturated carbocycles. The van der Waals surface area contributed by atoms with E-state index >= 15 is 0 Å². The lowest BCUT2D eigenvalue weighted by Crippen LogP contribution is -2.19. The molecule has 2 aliphatic rings. The van der Waals surface area contributed by atoms with E-state index in [4.69, 9.17) is 20.9 Å². The zero-order valence-electron chi connectivity index (χ0n) is 24.9. The summed E-state index contributed by atoms with van der Waals surface area (Å²) in [6.07, 6.45) is 4.79. The first kappa shape index (κ1) is 32.4. The second kappa shape index (κ2) is 14.8. The molecule has 0 bridgehead atoms. The molecule has 0 saturated heterocycles. The molecule has 0 unspecified atom stereocenters. The molecule has 0 aliphatic carbocycles. The number of nitrogen functional groups attached to an aromatic ring is 2. The van der Waals surface area contributed by atoms with Crippen LogP contribution in [0.2, 0.25) is 0 Å². The Balaban J connectivity index is 0.000000280. The number of nitrogens with one attached hydrogen (secondary N) is 2. The van der Waals surface area contributed by atoms with Gasteiger partial charge < -0.3 is 20.9 Å². The number of benzene rings is 4. The van der Waals surface area contributed by atoms with Crippen LogP contribution in [-0.2, 0) is 19.2 Å². The van der Waals surface area contributed by atoms with Crippen LogP contribution < -0.4 is 31.6 Å². The molecule has 2 heterocycles. The fourth-order valence-electron chi connectivity index (χ4n) is 4.14. The van der Waals surface area contributed by atoms with Gasteiger partial charge >= 0.3 is 0 Å². The number of hydrogen-bond donors (Lipinski definition) is 4. The third kappa shape index (κ3) is 8.77. The average Bonchev–Trinajstić information content (AvgIpc) is 3.61. The highest BCUT2D eigenvalue weighted by Crippen LogP contribution is 2.40. The predicted molar refractivity (Wildman–Crippen MR) is 172 cm³/mol. The summed E-state index contributed by atoms with van der Waals surface area (Å²) >= 11 is 0. The minimum Gasteiger partial charge on any atom is -0.453 e. The number of carbonyl (C=O) groups excluding carboxylic acids is 5. The molecule has 46 heavy (non-hydrogen) atoms. The van der Waals surface area contributed by atoms with Crippen molar-refractivity contribution in [1.29, 1.82) is 0 Å². The molecular formula is C35H30N4O7. The maximum Gasteiger partial charge on any atom is 0.250 e. The number of para-hydroxylation sites is 1. The highest BCUT2D eigenvalue weighted by molar-refractivity contribution is 6.13. The van der Waals surface area contributed by atoms with E-state index in [0.717, 1.165) is 11.1 Å². The lowest BCUT2D eigenvalue weighted by molar-refractivity contribution is -0.125. The van der Waals surface area contributed by atoms with Crippen molar-refractivity contribution in [3.05, 3.63) is 131 Å². The van der Waals surface area contributed by atoms with Gasteiger partial charge in [-0.2, -0.15) is 0 Å². The van der Waals surface area contributed by atoms with Crippen LogP contribution in [0.3, 0.4) is 0 Å². The Kier molecular flexibility index (Phi) is 10.4. The number of imide groups is 2. The molecule has 6 N–H and O–H groups in total. The van der Waals surface area contributed by atoms with Crippen LogP contribution in [0.4, 0.5) is 11.4 Å². The van der Waals surface area contributed by atoms with Gasteiger partial charge in [0.2, 0.25) is 0 Å². The minimum atomic E-state index is -0.329. The van der Waals surface area contributed by atoms with E-state index in [1.807, 2.05) is 54.8 Å².